The summed E-state index contributed by atoms with van der Waals surface area (Å²) in [7, 11) is 0. The molecule has 2 N–H and O–H groups in total. The molecule has 8 nitrogen and oxygen atoms in total. The number of aromatic nitrogens is 1. The van der Waals surface area contributed by atoms with Crippen molar-refractivity contribution in [3.63, 3.8) is 0 Å². The summed E-state index contributed by atoms with van der Waals surface area (Å²) in [5.41, 5.74) is 4.48. The quantitative estimate of drug-likeness (QED) is 0.179. The van der Waals surface area contributed by atoms with Crippen molar-refractivity contribution in [3.05, 3.63) is 103 Å². The van der Waals surface area contributed by atoms with Crippen LogP contribution in [0, 0.1) is 13.8 Å². The van der Waals surface area contributed by atoms with E-state index in [1.54, 1.807) is 11.3 Å². The van der Waals surface area contributed by atoms with E-state index in [0.717, 1.165) is 52.5 Å². The van der Waals surface area contributed by atoms with Crippen molar-refractivity contribution in [2.75, 3.05) is 10.2 Å². The van der Waals surface area contributed by atoms with Crippen LogP contribution in [0.4, 0.5) is 16.2 Å². The Morgan fingerprint density at radius 1 is 1.00 bits per heavy atom. The summed E-state index contributed by atoms with van der Waals surface area (Å²) in [5, 5.41) is 6.50. The van der Waals surface area contributed by atoms with E-state index in [1.165, 1.54) is 29.2 Å². The first-order valence-electron chi connectivity index (χ1n) is 13.7. The SMILES string of the molecule is Cc1cc(/C=C2\C(=O)NC(=O)N(c3ccc(Cl)cc3Cl)C2=O)c(C)n1-c1sc2c(c1C(=O)Nc1ccccc1)CCCC2. The first kappa shape index (κ1) is 28.9. The smallest absolute Gasteiger partial charge is 0.322 e. The van der Waals surface area contributed by atoms with Gasteiger partial charge in [-0.05, 0) is 93.1 Å². The zero-order chi connectivity index (χ0) is 30.4. The average Bonchev–Trinajstić information content (AvgIpc) is 3.48. The zero-order valence-electron chi connectivity index (χ0n) is 23.3. The Balaban J connectivity index is 1.42. The molecule has 218 valence electrons. The van der Waals surface area contributed by atoms with E-state index in [0.29, 0.717) is 21.8 Å². The largest absolute Gasteiger partial charge is 0.335 e. The number of fused-ring (bicyclic) bond motifs is 1. The Kier molecular flexibility index (Phi) is 7.72. The maximum Gasteiger partial charge on any atom is 0.335 e. The first-order valence-corrected chi connectivity index (χ1v) is 15.3. The summed E-state index contributed by atoms with van der Waals surface area (Å²) in [4.78, 5) is 54.9. The molecule has 1 aliphatic carbocycles. The van der Waals surface area contributed by atoms with Crippen molar-refractivity contribution < 1.29 is 19.2 Å². The molecule has 5 amide bonds. The lowest BCUT2D eigenvalue weighted by molar-refractivity contribution is -0.122. The minimum absolute atomic E-state index is 0.0887. The van der Waals surface area contributed by atoms with Crippen LogP contribution < -0.4 is 15.5 Å². The second kappa shape index (κ2) is 11.5. The lowest BCUT2D eigenvalue weighted by Gasteiger charge is -2.27. The van der Waals surface area contributed by atoms with Crippen molar-refractivity contribution >= 4 is 75.7 Å². The number of anilines is 2. The molecule has 11 heteroatoms. The second-order valence-corrected chi connectivity index (χ2v) is 12.4. The van der Waals surface area contributed by atoms with E-state index < -0.39 is 17.8 Å². The van der Waals surface area contributed by atoms with Gasteiger partial charge in [-0.25, -0.2) is 9.69 Å². The summed E-state index contributed by atoms with van der Waals surface area (Å²) in [6.45, 7) is 3.79. The van der Waals surface area contributed by atoms with Gasteiger partial charge < -0.3 is 9.88 Å². The minimum Gasteiger partial charge on any atom is -0.322 e. The number of imide groups is 2. The summed E-state index contributed by atoms with van der Waals surface area (Å²) in [5.74, 6) is -1.79. The maximum atomic E-state index is 13.7. The van der Waals surface area contributed by atoms with Gasteiger partial charge in [-0.3, -0.25) is 19.7 Å². The van der Waals surface area contributed by atoms with Gasteiger partial charge in [-0.1, -0.05) is 41.4 Å². The fourth-order valence-corrected chi connectivity index (χ4v) is 7.59. The van der Waals surface area contributed by atoms with Gasteiger partial charge in [0.1, 0.15) is 10.6 Å². The monoisotopic (exact) mass is 632 g/mol. The van der Waals surface area contributed by atoms with E-state index >= 15 is 0 Å². The number of hydrogen-bond acceptors (Lipinski definition) is 5. The van der Waals surface area contributed by atoms with Crippen molar-refractivity contribution in [3.8, 4) is 5.00 Å². The van der Waals surface area contributed by atoms with Crippen LogP contribution in [-0.4, -0.2) is 28.3 Å². The molecule has 43 heavy (non-hydrogen) atoms. The molecule has 0 atom stereocenters. The molecule has 0 spiro atoms. The number of rotatable bonds is 5. The van der Waals surface area contributed by atoms with Crippen LogP contribution in [0.3, 0.4) is 0 Å². The Hall–Kier alpha value is -4.18. The number of hydrogen-bond donors (Lipinski definition) is 2. The number of nitrogens with one attached hydrogen (secondary N) is 2. The van der Waals surface area contributed by atoms with Crippen LogP contribution >= 0.6 is 34.5 Å². The van der Waals surface area contributed by atoms with E-state index in [9.17, 15) is 19.2 Å². The maximum absolute atomic E-state index is 13.7. The third-order valence-electron chi connectivity index (χ3n) is 7.64. The van der Waals surface area contributed by atoms with Gasteiger partial charge >= 0.3 is 6.03 Å². The van der Waals surface area contributed by atoms with Gasteiger partial charge in [0.15, 0.2) is 0 Å². The molecule has 1 fully saturated rings. The van der Waals surface area contributed by atoms with Crippen molar-refractivity contribution in [2.45, 2.75) is 39.5 Å². The fraction of sp³-hybridized carbons (Fsp3) is 0.188. The average molecular weight is 634 g/mol. The number of amides is 5. The highest BCUT2D eigenvalue weighted by Gasteiger charge is 2.38. The van der Waals surface area contributed by atoms with Crippen LogP contribution in [0.15, 0.2) is 60.2 Å². The van der Waals surface area contributed by atoms with Gasteiger partial charge in [0.2, 0.25) is 0 Å². The number of para-hydroxylation sites is 1. The normalized spacial score (nSPS) is 16.0. The standard InChI is InChI=1S/C32H26Cl2N4O4S/c1-17-14-19(15-23-28(39)36-32(42)38(30(23)41)25-13-12-20(33)16-24(25)34)18(2)37(17)31-27(22-10-6-7-11-26(22)43-31)29(40)35-21-8-4-3-5-9-21/h3-5,8-9,12-16H,6-7,10-11H2,1-2H3,(H,35,40)(H,36,39,42)/b23-15+. The molecule has 6 rings (SSSR count). The summed E-state index contributed by atoms with van der Waals surface area (Å²) >= 11 is 13.9. The molecular formula is C32H26Cl2N4O4S. The molecule has 0 unspecified atom stereocenters. The van der Waals surface area contributed by atoms with Gasteiger partial charge in [0.25, 0.3) is 17.7 Å². The number of carbonyl (C=O) groups excluding carboxylic acids is 4. The number of nitrogens with zero attached hydrogens (tertiary/aromatic N) is 2. The summed E-state index contributed by atoms with van der Waals surface area (Å²) in [6.07, 6.45) is 5.29. The number of urea groups is 1. The highest BCUT2D eigenvalue weighted by molar-refractivity contribution is 7.15. The molecule has 3 heterocycles. The van der Waals surface area contributed by atoms with Crippen molar-refractivity contribution in [1.29, 1.82) is 0 Å². The van der Waals surface area contributed by atoms with Crippen molar-refractivity contribution in [2.24, 2.45) is 0 Å². The third kappa shape index (κ3) is 5.29. The van der Waals surface area contributed by atoms with E-state index in [2.05, 4.69) is 10.6 Å². The van der Waals surface area contributed by atoms with Crippen molar-refractivity contribution in [1.82, 2.24) is 9.88 Å². The molecule has 2 aliphatic rings. The zero-order valence-corrected chi connectivity index (χ0v) is 25.6. The molecule has 1 saturated heterocycles. The number of benzene rings is 2. The topological polar surface area (TPSA) is 101 Å². The van der Waals surface area contributed by atoms with Gasteiger partial charge in [-0.2, -0.15) is 0 Å². The minimum atomic E-state index is -0.903. The van der Waals surface area contributed by atoms with Gasteiger partial charge in [-0.15, -0.1) is 11.3 Å². The fourth-order valence-electron chi connectivity index (χ4n) is 5.60. The Bertz CT molecular complexity index is 1860. The van der Waals surface area contributed by atoms with Crippen LogP contribution in [-0.2, 0) is 22.4 Å². The second-order valence-electron chi connectivity index (χ2n) is 10.4. The lowest BCUT2D eigenvalue weighted by Crippen LogP contribution is -2.54. The molecule has 0 bridgehead atoms. The molecule has 1 aliphatic heterocycles. The molecule has 0 radical (unpaired) electrons. The number of halogens is 2. The Morgan fingerprint density at radius 2 is 1.74 bits per heavy atom. The lowest BCUT2D eigenvalue weighted by atomic mass is 9.95. The molecule has 0 saturated carbocycles. The van der Waals surface area contributed by atoms with Gasteiger partial charge in [0, 0.05) is 27.0 Å². The number of barbiturate groups is 1. The van der Waals surface area contributed by atoms with Crippen LogP contribution in [0.25, 0.3) is 11.1 Å². The molecule has 4 aromatic rings. The predicted molar refractivity (Wildman–Crippen MR) is 170 cm³/mol. The number of thiophene rings is 1. The highest BCUT2D eigenvalue weighted by Crippen LogP contribution is 2.40. The number of carbonyl (C=O) groups is 4. The Labute approximate surface area is 261 Å². The Morgan fingerprint density at radius 3 is 2.49 bits per heavy atom. The first-order chi connectivity index (χ1) is 20.6. The predicted octanol–water partition coefficient (Wildman–Crippen LogP) is 7.26. The third-order valence-corrected chi connectivity index (χ3v) is 9.45. The van der Waals surface area contributed by atoms with Gasteiger partial charge in [0.05, 0.1) is 16.3 Å². The van der Waals surface area contributed by atoms with E-state index in [1.807, 2.05) is 54.8 Å². The summed E-state index contributed by atoms with van der Waals surface area (Å²) < 4.78 is 2.00. The molecule has 2 aromatic carbocycles. The van der Waals surface area contributed by atoms with Crippen LogP contribution in [0.1, 0.15) is 50.6 Å². The van der Waals surface area contributed by atoms with E-state index in [4.69, 9.17) is 23.2 Å². The highest BCUT2D eigenvalue weighted by atomic mass is 35.5. The van der Waals surface area contributed by atoms with E-state index in [-0.39, 0.29) is 22.2 Å². The summed E-state index contributed by atoms with van der Waals surface area (Å²) in [6, 6.07) is 14.7. The number of aryl methyl sites for hydroxylation is 2. The molecule has 2 aromatic heterocycles. The van der Waals surface area contributed by atoms with Crippen LogP contribution in [0.2, 0.25) is 10.0 Å². The van der Waals surface area contributed by atoms with Crippen LogP contribution in [0.5, 0.6) is 0 Å². The molecular weight excluding hydrogens is 607 g/mol.